The molecule has 0 radical (unpaired) electrons. The van der Waals surface area contributed by atoms with Gasteiger partial charge < -0.3 is 0 Å². The van der Waals surface area contributed by atoms with E-state index in [4.69, 9.17) is 0 Å². The van der Waals surface area contributed by atoms with Gasteiger partial charge in [0.2, 0.25) is 0 Å². The van der Waals surface area contributed by atoms with Crippen LogP contribution in [0.25, 0.3) is 0 Å². The fourth-order valence-corrected chi connectivity index (χ4v) is 5.92. The average Bonchev–Trinajstić information content (AvgIpc) is 2.84. The highest BCUT2D eigenvalue weighted by atomic mass is 32.2. The first kappa shape index (κ1) is 19.3. The lowest BCUT2D eigenvalue weighted by molar-refractivity contribution is 0.153. The van der Waals surface area contributed by atoms with Crippen LogP contribution in [0.3, 0.4) is 0 Å². The zero-order valence-corrected chi connectivity index (χ0v) is 16.8. The van der Waals surface area contributed by atoms with Gasteiger partial charge in [-0.05, 0) is 44.4 Å². The van der Waals surface area contributed by atoms with Gasteiger partial charge in [0.05, 0.1) is 5.37 Å². The maximum atomic E-state index is 2.95. The number of benzene rings is 1. The molecule has 0 amide bonds. The molecule has 0 bridgehead atoms. The first-order valence-corrected chi connectivity index (χ1v) is 11.8. The smallest absolute Gasteiger partial charge is 0.0606 e. The van der Waals surface area contributed by atoms with E-state index in [1.165, 1.54) is 101 Å². The second kappa shape index (κ2) is 11.3. The standard InChI is InChI=1S/C23H37NS/c1-2-5-10-16-21(15-9-4-1)24-20-14-7-3-6-13-19-23(24)25-22-17-11-8-12-18-22/h8,11-12,17-18,21,23H,1-7,9-10,13-16,19-20H2. The Morgan fingerprint density at radius 3 is 1.88 bits per heavy atom. The van der Waals surface area contributed by atoms with Crippen molar-refractivity contribution in [2.75, 3.05) is 6.54 Å². The molecule has 1 aliphatic heterocycles. The maximum Gasteiger partial charge on any atom is 0.0606 e. The molecule has 140 valence electrons. The van der Waals surface area contributed by atoms with Gasteiger partial charge in [-0.3, -0.25) is 4.90 Å². The van der Waals surface area contributed by atoms with E-state index in [9.17, 15) is 0 Å². The third-order valence-corrected chi connectivity index (χ3v) is 7.37. The van der Waals surface area contributed by atoms with Crippen molar-refractivity contribution in [3.05, 3.63) is 30.3 Å². The molecule has 3 rings (SSSR count). The van der Waals surface area contributed by atoms with Gasteiger partial charge in [-0.1, -0.05) is 82.4 Å². The van der Waals surface area contributed by atoms with Gasteiger partial charge in [0.25, 0.3) is 0 Å². The van der Waals surface area contributed by atoms with Gasteiger partial charge in [0.1, 0.15) is 0 Å². The van der Waals surface area contributed by atoms with Crippen molar-refractivity contribution in [1.82, 2.24) is 4.90 Å². The van der Waals surface area contributed by atoms with Crippen LogP contribution in [0.4, 0.5) is 0 Å². The Bertz CT molecular complexity index is 450. The van der Waals surface area contributed by atoms with E-state index in [0.29, 0.717) is 5.37 Å². The van der Waals surface area contributed by atoms with Crippen molar-refractivity contribution in [3.63, 3.8) is 0 Å². The summed E-state index contributed by atoms with van der Waals surface area (Å²) < 4.78 is 0. The number of hydrogen-bond acceptors (Lipinski definition) is 2. The Kier molecular flexibility index (Phi) is 8.71. The Morgan fingerprint density at radius 1 is 0.640 bits per heavy atom. The fourth-order valence-electron chi connectivity index (χ4n) is 4.60. The highest BCUT2D eigenvalue weighted by molar-refractivity contribution is 7.99. The largest absolute Gasteiger partial charge is 0.288 e. The molecule has 1 unspecified atom stereocenters. The third-order valence-electron chi connectivity index (χ3n) is 6.05. The molecular formula is C23H37NS. The second-order valence-electron chi connectivity index (χ2n) is 8.03. The summed E-state index contributed by atoms with van der Waals surface area (Å²) in [5.41, 5.74) is 0. The molecule has 2 heteroatoms. The Morgan fingerprint density at radius 2 is 1.20 bits per heavy atom. The van der Waals surface area contributed by atoms with Crippen LogP contribution in [0.5, 0.6) is 0 Å². The van der Waals surface area contributed by atoms with Crippen molar-refractivity contribution < 1.29 is 0 Å². The van der Waals surface area contributed by atoms with Gasteiger partial charge in [0, 0.05) is 10.9 Å². The van der Waals surface area contributed by atoms with Crippen LogP contribution < -0.4 is 0 Å². The van der Waals surface area contributed by atoms with E-state index in [2.05, 4.69) is 47.0 Å². The molecule has 2 aliphatic rings. The molecule has 0 N–H and O–H groups in total. The molecule has 2 fully saturated rings. The maximum absolute atomic E-state index is 2.95. The molecule has 1 saturated carbocycles. The van der Waals surface area contributed by atoms with E-state index in [0.717, 1.165) is 6.04 Å². The summed E-state index contributed by atoms with van der Waals surface area (Å²) >= 11 is 2.14. The van der Waals surface area contributed by atoms with E-state index in [1.807, 2.05) is 0 Å². The SMILES string of the molecule is c1ccc(SC2CCCCCCCN2C2CCCCCCCC2)cc1. The quantitative estimate of drug-likeness (QED) is 0.558. The van der Waals surface area contributed by atoms with Crippen LogP contribution in [0, 0.1) is 0 Å². The van der Waals surface area contributed by atoms with Crippen LogP contribution >= 0.6 is 11.8 Å². The summed E-state index contributed by atoms with van der Waals surface area (Å²) in [7, 11) is 0. The highest BCUT2D eigenvalue weighted by Gasteiger charge is 2.27. The first-order valence-electron chi connectivity index (χ1n) is 10.9. The van der Waals surface area contributed by atoms with Gasteiger partial charge in [-0.15, -0.1) is 11.8 Å². The molecule has 25 heavy (non-hydrogen) atoms. The minimum Gasteiger partial charge on any atom is -0.288 e. The van der Waals surface area contributed by atoms with Gasteiger partial charge >= 0.3 is 0 Å². The minimum absolute atomic E-state index is 0.686. The summed E-state index contributed by atoms with van der Waals surface area (Å²) in [5.74, 6) is 0. The van der Waals surface area contributed by atoms with E-state index in [-0.39, 0.29) is 0 Å². The summed E-state index contributed by atoms with van der Waals surface area (Å²) in [5, 5.41) is 0.686. The molecule has 1 atom stereocenters. The molecule has 1 aromatic carbocycles. The predicted octanol–water partition coefficient (Wildman–Crippen LogP) is 7.26. The molecule has 0 spiro atoms. The Balaban J connectivity index is 1.72. The molecule has 1 aromatic rings. The summed E-state index contributed by atoms with van der Waals surface area (Å²) in [6.07, 6.45) is 20.1. The van der Waals surface area contributed by atoms with Crippen LogP contribution in [0.1, 0.15) is 89.9 Å². The van der Waals surface area contributed by atoms with E-state index >= 15 is 0 Å². The Labute approximate surface area is 160 Å². The van der Waals surface area contributed by atoms with E-state index < -0.39 is 0 Å². The fraction of sp³-hybridized carbons (Fsp3) is 0.739. The van der Waals surface area contributed by atoms with Crippen LogP contribution in [-0.2, 0) is 0 Å². The third kappa shape index (κ3) is 6.64. The molecular weight excluding hydrogens is 322 g/mol. The monoisotopic (exact) mass is 359 g/mol. The zero-order chi connectivity index (χ0) is 17.2. The lowest BCUT2D eigenvalue weighted by Gasteiger charge is -2.38. The number of thioether (sulfide) groups is 1. The second-order valence-corrected chi connectivity index (χ2v) is 9.28. The van der Waals surface area contributed by atoms with Gasteiger partial charge in [-0.25, -0.2) is 0 Å². The number of hydrogen-bond donors (Lipinski definition) is 0. The first-order chi connectivity index (χ1) is 12.4. The van der Waals surface area contributed by atoms with Crippen molar-refractivity contribution in [2.45, 2.75) is 106 Å². The van der Waals surface area contributed by atoms with Crippen LogP contribution in [0.2, 0.25) is 0 Å². The van der Waals surface area contributed by atoms with Crippen molar-refractivity contribution in [3.8, 4) is 0 Å². The summed E-state index contributed by atoms with van der Waals surface area (Å²) in [6, 6.07) is 12.0. The van der Waals surface area contributed by atoms with Crippen molar-refractivity contribution in [1.29, 1.82) is 0 Å². The lowest BCUT2D eigenvalue weighted by Crippen LogP contribution is -2.42. The van der Waals surface area contributed by atoms with Gasteiger partial charge in [-0.2, -0.15) is 0 Å². The molecule has 1 aliphatic carbocycles. The lowest BCUT2D eigenvalue weighted by atomic mass is 10.0. The number of rotatable bonds is 3. The summed E-state index contributed by atoms with van der Waals surface area (Å²) in [6.45, 7) is 1.33. The molecule has 1 heterocycles. The summed E-state index contributed by atoms with van der Waals surface area (Å²) in [4.78, 5) is 4.41. The van der Waals surface area contributed by atoms with E-state index in [1.54, 1.807) is 0 Å². The van der Waals surface area contributed by atoms with Crippen LogP contribution in [-0.4, -0.2) is 22.9 Å². The predicted molar refractivity (Wildman–Crippen MR) is 111 cm³/mol. The molecule has 1 nitrogen and oxygen atoms in total. The van der Waals surface area contributed by atoms with Crippen molar-refractivity contribution >= 4 is 11.8 Å². The molecule has 0 aromatic heterocycles. The average molecular weight is 360 g/mol. The zero-order valence-electron chi connectivity index (χ0n) is 16.0. The van der Waals surface area contributed by atoms with Gasteiger partial charge in [0.15, 0.2) is 0 Å². The normalized spacial score (nSPS) is 25.8. The van der Waals surface area contributed by atoms with Crippen molar-refractivity contribution in [2.24, 2.45) is 0 Å². The highest BCUT2D eigenvalue weighted by Crippen LogP contribution is 2.34. The Hall–Kier alpha value is -0.470. The minimum atomic E-state index is 0.686. The van der Waals surface area contributed by atoms with Crippen LogP contribution in [0.15, 0.2) is 35.2 Å². The topological polar surface area (TPSA) is 3.24 Å². The number of nitrogens with zero attached hydrogens (tertiary/aromatic N) is 1. The molecule has 1 saturated heterocycles.